The van der Waals surface area contributed by atoms with E-state index in [1.54, 1.807) is 41.5 Å². The molecule has 0 bridgehead atoms. The van der Waals surface area contributed by atoms with Crippen LogP contribution in [0, 0.1) is 10.8 Å². The topological polar surface area (TPSA) is 192 Å². The summed E-state index contributed by atoms with van der Waals surface area (Å²) >= 11 is 0. The van der Waals surface area contributed by atoms with Crippen LogP contribution >= 0.6 is 0 Å². The fourth-order valence-corrected chi connectivity index (χ4v) is 3.19. The van der Waals surface area contributed by atoms with Crippen LogP contribution in [-0.4, -0.2) is 87.0 Å². The van der Waals surface area contributed by atoms with Gasteiger partial charge in [0, 0.05) is 36.5 Å². The lowest BCUT2D eigenvalue weighted by atomic mass is 9.89. The van der Waals surface area contributed by atoms with Gasteiger partial charge in [0.25, 0.3) is 0 Å². The van der Waals surface area contributed by atoms with E-state index in [4.69, 9.17) is 28.4 Å². The van der Waals surface area contributed by atoms with Crippen molar-refractivity contribution in [1.82, 2.24) is 0 Å². The summed E-state index contributed by atoms with van der Waals surface area (Å²) in [4.78, 5) is 93.9. The summed E-state index contributed by atoms with van der Waals surface area (Å²) in [5.74, 6) is -3.88. The van der Waals surface area contributed by atoms with Gasteiger partial charge in [0.15, 0.2) is 0 Å². The molecule has 0 N–H and O–H groups in total. The van der Waals surface area contributed by atoms with Crippen molar-refractivity contribution in [3.8, 4) is 0 Å². The Balaban J connectivity index is 3.72. The molecular formula is C32H50O14. The summed E-state index contributed by atoms with van der Waals surface area (Å²) in [6.45, 7) is 9.40. The zero-order valence-corrected chi connectivity index (χ0v) is 28.0. The highest BCUT2D eigenvalue weighted by molar-refractivity contribution is 5.98. The van der Waals surface area contributed by atoms with Gasteiger partial charge in [-0.1, -0.05) is 41.5 Å². The van der Waals surface area contributed by atoms with Crippen LogP contribution in [0.5, 0.6) is 0 Å². The summed E-state index contributed by atoms with van der Waals surface area (Å²) in [7, 11) is 0. The Hall–Kier alpha value is -3.84. The molecule has 0 aliphatic carbocycles. The van der Waals surface area contributed by atoms with Crippen molar-refractivity contribution in [1.29, 1.82) is 0 Å². The van der Waals surface area contributed by atoms with E-state index in [-0.39, 0.29) is 89.7 Å². The monoisotopic (exact) mass is 658 g/mol. The van der Waals surface area contributed by atoms with Crippen molar-refractivity contribution in [3.63, 3.8) is 0 Å². The van der Waals surface area contributed by atoms with Crippen molar-refractivity contribution in [3.05, 3.63) is 0 Å². The van der Waals surface area contributed by atoms with Gasteiger partial charge in [0.2, 0.25) is 0 Å². The zero-order valence-electron chi connectivity index (χ0n) is 28.0. The number of hydrogen-bond donors (Lipinski definition) is 0. The molecule has 0 aliphatic rings. The SMILES string of the molecule is CC(C)(C)C(=O)CC(=O)OCCOC(=O)CCCCC(=O)OCCOC(=O)CCCCC(=O)OCCOC(=O)CC(=O)C(C)(C)C. The van der Waals surface area contributed by atoms with Crippen LogP contribution in [0.2, 0.25) is 0 Å². The lowest BCUT2D eigenvalue weighted by Crippen LogP contribution is -2.24. The minimum Gasteiger partial charge on any atom is -0.462 e. The van der Waals surface area contributed by atoms with Gasteiger partial charge in [-0.2, -0.15) is 0 Å². The van der Waals surface area contributed by atoms with Crippen LogP contribution in [0.25, 0.3) is 0 Å². The van der Waals surface area contributed by atoms with Crippen molar-refractivity contribution in [2.24, 2.45) is 10.8 Å². The molecule has 0 aromatic rings. The summed E-state index contributed by atoms with van der Waals surface area (Å²) in [5.41, 5.74) is -1.29. The van der Waals surface area contributed by atoms with E-state index in [0.29, 0.717) is 25.7 Å². The highest BCUT2D eigenvalue weighted by Crippen LogP contribution is 2.17. The lowest BCUT2D eigenvalue weighted by Gasteiger charge is -2.15. The summed E-state index contributed by atoms with van der Waals surface area (Å²) in [6.07, 6.45) is 1.09. The van der Waals surface area contributed by atoms with Crippen LogP contribution in [0.4, 0.5) is 0 Å². The Morgan fingerprint density at radius 3 is 0.739 bits per heavy atom. The largest absolute Gasteiger partial charge is 0.462 e. The van der Waals surface area contributed by atoms with E-state index in [2.05, 4.69) is 0 Å². The van der Waals surface area contributed by atoms with Crippen molar-refractivity contribution >= 4 is 47.4 Å². The van der Waals surface area contributed by atoms with Crippen molar-refractivity contribution < 1.29 is 66.8 Å². The molecule has 0 atom stereocenters. The highest BCUT2D eigenvalue weighted by atomic mass is 16.6. The molecule has 0 rings (SSSR count). The minimum absolute atomic E-state index is 0.0650. The molecule has 0 aromatic heterocycles. The third-order valence-corrected chi connectivity index (χ3v) is 6.13. The molecule has 0 spiro atoms. The molecule has 0 unspecified atom stereocenters. The van der Waals surface area contributed by atoms with Crippen molar-refractivity contribution in [2.45, 2.75) is 106 Å². The van der Waals surface area contributed by atoms with E-state index in [1.165, 1.54) is 0 Å². The van der Waals surface area contributed by atoms with Crippen LogP contribution in [0.15, 0.2) is 0 Å². The van der Waals surface area contributed by atoms with E-state index in [0.717, 1.165) is 0 Å². The average molecular weight is 659 g/mol. The van der Waals surface area contributed by atoms with Crippen LogP contribution < -0.4 is 0 Å². The maximum absolute atomic E-state index is 11.8. The maximum Gasteiger partial charge on any atom is 0.313 e. The number of carbonyl (C=O) groups is 8. The smallest absolute Gasteiger partial charge is 0.313 e. The molecule has 0 aliphatic heterocycles. The molecular weight excluding hydrogens is 608 g/mol. The molecule has 0 fully saturated rings. The van der Waals surface area contributed by atoms with Gasteiger partial charge in [0.1, 0.15) is 64.0 Å². The molecule has 46 heavy (non-hydrogen) atoms. The van der Waals surface area contributed by atoms with Gasteiger partial charge >= 0.3 is 35.8 Å². The highest BCUT2D eigenvalue weighted by Gasteiger charge is 2.25. The lowest BCUT2D eigenvalue weighted by molar-refractivity contribution is -0.154. The molecule has 0 aromatic carbocycles. The molecule has 262 valence electrons. The van der Waals surface area contributed by atoms with Gasteiger partial charge in [0.05, 0.1) is 0 Å². The third kappa shape index (κ3) is 23.5. The number of esters is 6. The maximum atomic E-state index is 11.8. The second kappa shape index (κ2) is 22.6. The Morgan fingerprint density at radius 2 is 0.543 bits per heavy atom. The van der Waals surface area contributed by atoms with Gasteiger partial charge in [-0.3, -0.25) is 38.4 Å². The minimum atomic E-state index is -0.678. The number of carbonyl (C=O) groups excluding carboxylic acids is 8. The number of ketones is 2. The van der Waals surface area contributed by atoms with Crippen molar-refractivity contribution in [2.75, 3.05) is 39.6 Å². The van der Waals surface area contributed by atoms with Crippen LogP contribution in [-0.2, 0) is 66.8 Å². The summed E-state index contributed by atoms with van der Waals surface area (Å²) in [6, 6.07) is 0. The summed E-state index contributed by atoms with van der Waals surface area (Å²) in [5, 5.41) is 0. The number of Topliss-reactive ketones (excluding diaryl/α,β-unsaturated/α-hetero) is 2. The zero-order chi connectivity index (χ0) is 35.2. The van der Waals surface area contributed by atoms with E-state index in [1.807, 2.05) is 0 Å². The van der Waals surface area contributed by atoms with E-state index < -0.39 is 46.6 Å². The second-order valence-corrected chi connectivity index (χ2v) is 12.4. The molecule has 0 saturated carbocycles. The Morgan fingerprint density at radius 1 is 0.348 bits per heavy atom. The van der Waals surface area contributed by atoms with Crippen LogP contribution in [0.1, 0.15) is 106 Å². The molecule has 14 heteroatoms. The molecule has 0 heterocycles. The van der Waals surface area contributed by atoms with Gasteiger partial charge < -0.3 is 28.4 Å². The molecule has 0 amide bonds. The average Bonchev–Trinajstić information content (AvgIpc) is 2.95. The molecule has 0 saturated heterocycles. The Bertz CT molecular complexity index is 950. The first-order chi connectivity index (χ1) is 21.4. The second-order valence-electron chi connectivity index (χ2n) is 12.4. The predicted octanol–water partition coefficient (Wildman–Crippen LogP) is 3.38. The van der Waals surface area contributed by atoms with Gasteiger partial charge in [-0.05, 0) is 25.7 Å². The number of ether oxygens (including phenoxy) is 6. The quantitative estimate of drug-likeness (QED) is 0.0671. The first-order valence-corrected chi connectivity index (χ1v) is 15.4. The fourth-order valence-electron chi connectivity index (χ4n) is 3.19. The van der Waals surface area contributed by atoms with Crippen LogP contribution in [0.3, 0.4) is 0 Å². The molecule has 14 nitrogen and oxygen atoms in total. The Kier molecular flexibility index (Phi) is 20.7. The van der Waals surface area contributed by atoms with E-state index >= 15 is 0 Å². The summed E-state index contributed by atoms with van der Waals surface area (Å²) < 4.78 is 29.6. The first kappa shape index (κ1) is 42.2. The normalized spacial score (nSPS) is 11.2. The number of hydrogen-bond acceptors (Lipinski definition) is 14. The standard InChI is InChI=1S/C32H50O14/c1-31(2,3)23(33)21-29(39)45-19-17-43-27(37)13-9-7-11-25(35)41-15-16-42-26(36)12-8-10-14-28(38)44-18-20-46-30(40)22-24(34)32(4,5)6/h7-22H2,1-6H3. The number of unbranched alkanes of at least 4 members (excludes halogenated alkanes) is 2. The third-order valence-electron chi connectivity index (χ3n) is 6.13. The Labute approximate surface area is 270 Å². The van der Waals surface area contributed by atoms with Gasteiger partial charge in [-0.25, -0.2) is 0 Å². The number of rotatable bonds is 23. The van der Waals surface area contributed by atoms with E-state index in [9.17, 15) is 38.4 Å². The first-order valence-electron chi connectivity index (χ1n) is 15.4. The van der Waals surface area contributed by atoms with Gasteiger partial charge in [-0.15, -0.1) is 0 Å². The fraction of sp³-hybridized carbons (Fsp3) is 0.750. The molecule has 0 radical (unpaired) electrons. The predicted molar refractivity (Wildman–Crippen MR) is 161 cm³/mol.